The first-order valence-corrected chi connectivity index (χ1v) is 6.62. The first kappa shape index (κ1) is 14.8. The molecule has 0 saturated heterocycles. The molecule has 0 atom stereocenters. The summed E-state index contributed by atoms with van der Waals surface area (Å²) < 4.78 is 10.4. The molecule has 0 unspecified atom stereocenters. The maximum absolute atomic E-state index is 11.3. The van der Waals surface area contributed by atoms with Crippen molar-refractivity contribution < 1.29 is 14.3 Å². The van der Waals surface area contributed by atoms with Crippen molar-refractivity contribution in [2.75, 3.05) is 13.2 Å². The molecule has 0 amide bonds. The molecular weight excluding hydrogens is 252 g/mol. The highest BCUT2D eigenvalue weighted by molar-refractivity contribution is 6.31. The number of carbonyl (C=O) groups excluding carboxylic acids is 1. The summed E-state index contributed by atoms with van der Waals surface area (Å²) in [7, 11) is 0. The van der Waals surface area contributed by atoms with Gasteiger partial charge in [-0.05, 0) is 36.6 Å². The summed E-state index contributed by atoms with van der Waals surface area (Å²) in [6, 6.07) is 5.38. The van der Waals surface area contributed by atoms with Crippen molar-refractivity contribution >= 4 is 17.6 Å². The number of halogens is 1. The zero-order chi connectivity index (χ0) is 13.4. The Hall–Kier alpha value is -1.22. The predicted octanol–water partition coefficient (Wildman–Crippen LogP) is 3.62. The molecule has 100 valence electrons. The Kier molecular flexibility index (Phi) is 6.58. The molecule has 1 aromatic carbocycles. The van der Waals surface area contributed by atoms with Gasteiger partial charge in [-0.25, -0.2) is 4.79 Å². The molecule has 0 spiro atoms. The Balaban J connectivity index is 2.41. The summed E-state index contributed by atoms with van der Waals surface area (Å²) in [5, 5.41) is 0.718. The summed E-state index contributed by atoms with van der Waals surface area (Å²) in [5.41, 5.74) is 1.01. The number of benzene rings is 1. The van der Waals surface area contributed by atoms with Gasteiger partial charge in [0, 0.05) is 5.02 Å². The number of aryl methyl sites for hydroxylation is 1. The molecule has 0 aliphatic rings. The van der Waals surface area contributed by atoms with E-state index in [4.69, 9.17) is 21.1 Å². The molecule has 0 radical (unpaired) electrons. The SMILES string of the molecule is CCCCOC(=O)COc1ccc(Cl)c(CC)c1. The van der Waals surface area contributed by atoms with Gasteiger partial charge in [-0.1, -0.05) is 31.9 Å². The molecule has 0 aliphatic carbocycles. The lowest BCUT2D eigenvalue weighted by Gasteiger charge is -2.08. The smallest absolute Gasteiger partial charge is 0.344 e. The molecule has 1 rings (SSSR count). The van der Waals surface area contributed by atoms with Gasteiger partial charge in [0.25, 0.3) is 0 Å². The van der Waals surface area contributed by atoms with E-state index in [1.54, 1.807) is 12.1 Å². The molecule has 0 heterocycles. The fourth-order valence-electron chi connectivity index (χ4n) is 1.43. The van der Waals surface area contributed by atoms with Crippen LogP contribution in [0.3, 0.4) is 0 Å². The van der Waals surface area contributed by atoms with Crippen LogP contribution in [0.25, 0.3) is 0 Å². The van der Waals surface area contributed by atoms with Crippen LogP contribution >= 0.6 is 11.6 Å². The normalized spacial score (nSPS) is 10.2. The second-order valence-corrected chi connectivity index (χ2v) is 4.38. The number of hydrogen-bond acceptors (Lipinski definition) is 3. The maximum atomic E-state index is 11.3. The maximum Gasteiger partial charge on any atom is 0.344 e. The number of hydrogen-bond donors (Lipinski definition) is 0. The molecule has 0 aliphatic heterocycles. The third kappa shape index (κ3) is 4.96. The summed E-state index contributed by atoms with van der Waals surface area (Å²) >= 11 is 6.00. The number of ether oxygens (including phenoxy) is 2. The van der Waals surface area contributed by atoms with Crippen LogP contribution in [-0.2, 0) is 16.0 Å². The highest BCUT2D eigenvalue weighted by Crippen LogP contribution is 2.22. The molecule has 18 heavy (non-hydrogen) atoms. The van der Waals surface area contributed by atoms with E-state index in [9.17, 15) is 4.79 Å². The summed E-state index contributed by atoms with van der Waals surface area (Å²) in [4.78, 5) is 11.3. The highest BCUT2D eigenvalue weighted by Gasteiger charge is 2.05. The fourth-order valence-corrected chi connectivity index (χ4v) is 1.68. The zero-order valence-corrected chi connectivity index (χ0v) is 11.6. The van der Waals surface area contributed by atoms with Crippen LogP contribution in [0.5, 0.6) is 5.75 Å². The van der Waals surface area contributed by atoms with E-state index in [0.29, 0.717) is 12.4 Å². The number of unbranched alkanes of at least 4 members (excludes halogenated alkanes) is 1. The van der Waals surface area contributed by atoms with E-state index in [2.05, 4.69) is 0 Å². The van der Waals surface area contributed by atoms with E-state index >= 15 is 0 Å². The molecular formula is C14H19ClO3. The average Bonchev–Trinajstić information content (AvgIpc) is 2.38. The van der Waals surface area contributed by atoms with Crippen molar-refractivity contribution in [3.8, 4) is 5.75 Å². The molecule has 4 heteroatoms. The Labute approximate surface area is 113 Å². The summed E-state index contributed by atoms with van der Waals surface area (Å²) in [6.07, 6.45) is 2.72. The lowest BCUT2D eigenvalue weighted by molar-refractivity contribution is -0.146. The Morgan fingerprint density at radius 3 is 2.78 bits per heavy atom. The van der Waals surface area contributed by atoms with E-state index in [1.807, 2.05) is 19.9 Å². The third-order valence-electron chi connectivity index (χ3n) is 2.52. The lowest BCUT2D eigenvalue weighted by Crippen LogP contribution is -2.15. The highest BCUT2D eigenvalue weighted by atomic mass is 35.5. The first-order chi connectivity index (χ1) is 8.67. The molecule has 3 nitrogen and oxygen atoms in total. The fraction of sp³-hybridized carbons (Fsp3) is 0.500. The van der Waals surface area contributed by atoms with Crippen LogP contribution in [0.4, 0.5) is 0 Å². The van der Waals surface area contributed by atoms with Crippen LogP contribution < -0.4 is 4.74 Å². The van der Waals surface area contributed by atoms with Crippen molar-refractivity contribution in [3.05, 3.63) is 28.8 Å². The standard InChI is InChI=1S/C14H19ClO3/c1-3-5-8-17-14(16)10-18-12-6-7-13(15)11(4-2)9-12/h6-7,9H,3-5,8,10H2,1-2H3. The molecule has 0 aromatic heterocycles. The van der Waals surface area contributed by atoms with Gasteiger partial charge in [-0.3, -0.25) is 0 Å². The van der Waals surface area contributed by atoms with Crippen molar-refractivity contribution in [2.24, 2.45) is 0 Å². The van der Waals surface area contributed by atoms with Crippen molar-refractivity contribution in [3.63, 3.8) is 0 Å². The minimum absolute atomic E-state index is 0.0610. The zero-order valence-electron chi connectivity index (χ0n) is 10.9. The van der Waals surface area contributed by atoms with Gasteiger partial charge < -0.3 is 9.47 Å². The third-order valence-corrected chi connectivity index (χ3v) is 2.88. The van der Waals surface area contributed by atoms with Gasteiger partial charge in [-0.15, -0.1) is 0 Å². The largest absolute Gasteiger partial charge is 0.482 e. The average molecular weight is 271 g/mol. The van der Waals surface area contributed by atoms with Crippen molar-refractivity contribution in [2.45, 2.75) is 33.1 Å². The van der Waals surface area contributed by atoms with E-state index in [1.165, 1.54) is 0 Å². The number of rotatable bonds is 7. The molecule has 0 N–H and O–H groups in total. The van der Waals surface area contributed by atoms with Crippen LogP contribution in [0.1, 0.15) is 32.3 Å². The molecule has 1 aromatic rings. The predicted molar refractivity (Wildman–Crippen MR) is 72.2 cm³/mol. The minimum atomic E-state index is -0.337. The van der Waals surface area contributed by atoms with Gasteiger partial charge in [0.15, 0.2) is 6.61 Å². The number of carbonyl (C=O) groups is 1. The lowest BCUT2D eigenvalue weighted by atomic mass is 10.1. The van der Waals surface area contributed by atoms with Crippen LogP contribution in [-0.4, -0.2) is 19.2 Å². The van der Waals surface area contributed by atoms with Gasteiger partial charge in [-0.2, -0.15) is 0 Å². The molecule has 0 fully saturated rings. The monoisotopic (exact) mass is 270 g/mol. The van der Waals surface area contributed by atoms with Crippen molar-refractivity contribution in [1.29, 1.82) is 0 Å². The van der Waals surface area contributed by atoms with Crippen LogP contribution in [0.2, 0.25) is 5.02 Å². The first-order valence-electron chi connectivity index (χ1n) is 6.24. The van der Waals surface area contributed by atoms with E-state index < -0.39 is 0 Å². The van der Waals surface area contributed by atoms with Crippen LogP contribution in [0, 0.1) is 0 Å². The second kappa shape index (κ2) is 7.98. The van der Waals surface area contributed by atoms with Crippen molar-refractivity contribution in [1.82, 2.24) is 0 Å². The van der Waals surface area contributed by atoms with E-state index in [-0.39, 0.29) is 12.6 Å². The van der Waals surface area contributed by atoms with E-state index in [0.717, 1.165) is 29.8 Å². The molecule has 0 bridgehead atoms. The Morgan fingerprint density at radius 2 is 2.11 bits per heavy atom. The van der Waals surface area contributed by atoms with Gasteiger partial charge in [0.1, 0.15) is 5.75 Å². The topological polar surface area (TPSA) is 35.5 Å². The second-order valence-electron chi connectivity index (χ2n) is 3.97. The Bertz CT molecular complexity index is 391. The van der Waals surface area contributed by atoms with Gasteiger partial charge >= 0.3 is 5.97 Å². The van der Waals surface area contributed by atoms with Gasteiger partial charge in [0.05, 0.1) is 6.61 Å². The minimum Gasteiger partial charge on any atom is -0.482 e. The summed E-state index contributed by atoms with van der Waals surface area (Å²) in [5.74, 6) is 0.306. The molecule has 0 saturated carbocycles. The number of esters is 1. The quantitative estimate of drug-likeness (QED) is 0.561. The van der Waals surface area contributed by atoms with Crippen LogP contribution in [0.15, 0.2) is 18.2 Å². The van der Waals surface area contributed by atoms with Gasteiger partial charge in [0.2, 0.25) is 0 Å². The Morgan fingerprint density at radius 1 is 1.33 bits per heavy atom. The summed E-state index contributed by atoms with van der Waals surface area (Å²) in [6.45, 7) is 4.46.